The molecular formula is C17H26N2O2S. The highest BCUT2D eigenvalue weighted by molar-refractivity contribution is 7.99. The van der Waals surface area contributed by atoms with Crippen molar-refractivity contribution in [3.63, 3.8) is 0 Å². The van der Waals surface area contributed by atoms with E-state index in [2.05, 4.69) is 10.2 Å². The second kappa shape index (κ2) is 8.44. The van der Waals surface area contributed by atoms with Crippen molar-refractivity contribution >= 4 is 23.4 Å². The molecule has 1 aliphatic rings. The van der Waals surface area contributed by atoms with Gasteiger partial charge in [0, 0.05) is 30.1 Å². The number of para-hydroxylation sites is 1. The van der Waals surface area contributed by atoms with Crippen LogP contribution in [0.3, 0.4) is 0 Å². The number of piperidine rings is 1. The van der Waals surface area contributed by atoms with Crippen LogP contribution < -0.4 is 10.2 Å². The Balaban J connectivity index is 2.12. The monoisotopic (exact) mass is 322 g/mol. The van der Waals surface area contributed by atoms with E-state index in [1.807, 2.05) is 37.4 Å². The molecule has 0 aliphatic carbocycles. The Hall–Kier alpha value is -1.20. The van der Waals surface area contributed by atoms with Crippen LogP contribution in [0, 0.1) is 0 Å². The maximum Gasteiger partial charge on any atom is 0.253 e. The molecule has 122 valence electrons. The number of hydrogen-bond acceptors (Lipinski definition) is 4. The molecule has 1 aliphatic heterocycles. The van der Waals surface area contributed by atoms with Gasteiger partial charge in [-0.1, -0.05) is 12.1 Å². The van der Waals surface area contributed by atoms with Gasteiger partial charge in [0.2, 0.25) is 0 Å². The molecule has 0 saturated carbocycles. The van der Waals surface area contributed by atoms with Gasteiger partial charge in [0.25, 0.3) is 5.91 Å². The standard InChI is InChI=1S/C17H26N2O2S/c1-13(16(12-20)22-2)18-17(21)14-8-4-5-9-15(14)19-10-6-3-7-11-19/h4-5,8-9,13,16,20H,3,6-7,10-12H2,1-2H3,(H,18,21)/t13-,16-/m0/s1. The predicted molar refractivity (Wildman–Crippen MR) is 93.8 cm³/mol. The van der Waals surface area contributed by atoms with E-state index in [-0.39, 0.29) is 23.8 Å². The van der Waals surface area contributed by atoms with Gasteiger partial charge in [-0.2, -0.15) is 11.8 Å². The quantitative estimate of drug-likeness (QED) is 0.845. The fourth-order valence-corrected chi connectivity index (χ4v) is 3.52. The number of hydrogen-bond donors (Lipinski definition) is 2. The number of amides is 1. The van der Waals surface area contributed by atoms with Gasteiger partial charge in [-0.05, 0) is 44.6 Å². The van der Waals surface area contributed by atoms with Gasteiger partial charge < -0.3 is 15.3 Å². The summed E-state index contributed by atoms with van der Waals surface area (Å²) in [5.74, 6) is -0.0545. The summed E-state index contributed by atoms with van der Waals surface area (Å²) < 4.78 is 0. The number of carbonyl (C=O) groups excluding carboxylic acids is 1. The predicted octanol–water partition coefficient (Wildman–Crippen LogP) is 2.52. The van der Waals surface area contributed by atoms with Gasteiger partial charge in [0.05, 0.1) is 12.2 Å². The maximum atomic E-state index is 12.6. The number of anilines is 1. The van der Waals surface area contributed by atoms with E-state index in [0.717, 1.165) is 24.3 Å². The molecule has 22 heavy (non-hydrogen) atoms. The van der Waals surface area contributed by atoms with Crippen LogP contribution in [-0.2, 0) is 0 Å². The van der Waals surface area contributed by atoms with Gasteiger partial charge in [-0.3, -0.25) is 4.79 Å². The van der Waals surface area contributed by atoms with Crippen LogP contribution in [0.15, 0.2) is 24.3 Å². The Kier molecular flexibility index (Phi) is 6.58. The number of nitrogens with one attached hydrogen (secondary N) is 1. The number of thioether (sulfide) groups is 1. The van der Waals surface area contributed by atoms with E-state index in [4.69, 9.17) is 0 Å². The summed E-state index contributed by atoms with van der Waals surface area (Å²) in [6.45, 7) is 4.04. The van der Waals surface area contributed by atoms with Crippen molar-refractivity contribution < 1.29 is 9.90 Å². The molecule has 0 bridgehead atoms. The number of aliphatic hydroxyl groups is 1. The molecule has 1 amide bonds. The summed E-state index contributed by atoms with van der Waals surface area (Å²) in [7, 11) is 0. The highest BCUT2D eigenvalue weighted by Gasteiger charge is 2.22. The minimum atomic E-state index is -0.0677. The summed E-state index contributed by atoms with van der Waals surface area (Å²) in [5.41, 5.74) is 1.76. The Morgan fingerprint density at radius 3 is 2.64 bits per heavy atom. The number of rotatable bonds is 6. The zero-order valence-corrected chi connectivity index (χ0v) is 14.2. The molecule has 1 saturated heterocycles. The first-order valence-corrected chi connectivity index (χ1v) is 9.24. The van der Waals surface area contributed by atoms with Crippen molar-refractivity contribution in [3.05, 3.63) is 29.8 Å². The third kappa shape index (κ3) is 4.17. The van der Waals surface area contributed by atoms with E-state index in [9.17, 15) is 9.90 Å². The van der Waals surface area contributed by atoms with Gasteiger partial charge in [-0.15, -0.1) is 0 Å². The smallest absolute Gasteiger partial charge is 0.253 e. The van der Waals surface area contributed by atoms with E-state index in [1.165, 1.54) is 19.3 Å². The van der Waals surface area contributed by atoms with Crippen LogP contribution in [0.2, 0.25) is 0 Å². The Morgan fingerprint density at radius 1 is 1.32 bits per heavy atom. The lowest BCUT2D eigenvalue weighted by atomic mass is 10.1. The van der Waals surface area contributed by atoms with Crippen LogP contribution >= 0.6 is 11.8 Å². The minimum absolute atomic E-state index is 0.0195. The number of benzene rings is 1. The summed E-state index contributed by atoms with van der Waals surface area (Å²) in [4.78, 5) is 14.9. The maximum absolute atomic E-state index is 12.6. The first kappa shape index (κ1) is 17.2. The fraction of sp³-hybridized carbons (Fsp3) is 0.588. The molecule has 2 atom stereocenters. The molecule has 2 rings (SSSR count). The molecule has 0 aromatic heterocycles. The molecule has 1 fully saturated rings. The van der Waals surface area contributed by atoms with Crippen LogP contribution in [-0.4, -0.2) is 48.3 Å². The third-order valence-corrected chi connectivity index (χ3v) is 5.41. The van der Waals surface area contributed by atoms with E-state index in [1.54, 1.807) is 11.8 Å². The van der Waals surface area contributed by atoms with Crippen molar-refractivity contribution in [2.75, 3.05) is 30.9 Å². The van der Waals surface area contributed by atoms with Crippen LogP contribution in [0.25, 0.3) is 0 Å². The average molecular weight is 322 g/mol. The SMILES string of the molecule is CS[C@@H](CO)[C@H](C)NC(=O)c1ccccc1N1CCCCC1. The molecule has 1 heterocycles. The van der Waals surface area contributed by atoms with E-state index >= 15 is 0 Å². The van der Waals surface area contributed by atoms with Crippen LogP contribution in [0.1, 0.15) is 36.5 Å². The normalized spacial score (nSPS) is 17.9. The van der Waals surface area contributed by atoms with Gasteiger partial charge in [0.15, 0.2) is 0 Å². The van der Waals surface area contributed by atoms with Gasteiger partial charge in [-0.25, -0.2) is 0 Å². The molecule has 1 aromatic rings. The number of carbonyl (C=O) groups is 1. The molecule has 0 unspecified atom stereocenters. The molecule has 0 radical (unpaired) electrons. The second-order valence-electron chi connectivity index (χ2n) is 5.78. The number of nitrogens with zero attached hydrogens (tertiary/aromatic N) is 1. The summed E-state index contributed by atoms with van der Waals surface area (Å²) in [5, 5.41) is 12.4. The van der Waals surface area contributed by atoms with E-state index in [0.29, 0.717) is 0 Å². The molecule has 2 N–H and O–H groups in total. The van der Waals surface area contributed by atoms with Crippen molar-refractivity contribution in [1.29, 1.82) is 0 Å². The largest absolute Gasteiger partial charge is 0.395 e. The Morgan fingerprint density at radius 2 is 2.00 bits per heavy atom. The lowest BCUT2D eigenvalue weighted by molar-refractivity contribution is 0.0936. The van der Waals surface area contributed by atoms with Crippen molar-refractivity contribution in [2.45, 2.75) is 37.5 Å². The lowest BCUT2D eigenvalue weighted by Crippen LogP contribution is -2.42. The first-order chi connectivity index (χ1) is 10.7. The Labute approximate surface area is 137 Å². The van der Waals surface area contributed by atoms with Crippen molar-refractivity contribution in [1.82, 2.24) is 5.32 Å². The average Bonchev–Trinajstić information content (AvgIpc) is 2.56. The summed E-state index contributed by atoms with van der Waals surface area (Å²) in [6, 6.07) is 7.75. The van der Waals surface area contributed by atoms with Crippen molar-refractivity contribution in [2.24, 2.45) is 0 Å². The topological polar surface area (TPSA) is 52.6 Å². The Bertz CT molecular complexity index is 485. The third-order valence-electron chi connectivity index (χ3n) is 4.24. The minimum Gasteiger partial charge on any atom is -0.395 e. The van der Waals surface area contributed by atoms with Crippen LogP contribution in [0.5, 0.6) is 0 Å². The second-order valence-corrected chi connectivity index (χ2v) is 6.86. The highest BCUT2D eigenvalue weighted by atomic mass is 32.2. The number of aliphatic hydroxyl groups excluding tert-OH is 1. The van der Waals surface area contributed by atoms with Crippen LogP contribution in [0.4, 0.5) is 5.69 Å². The lowest BCUT2D eigenvalue weighted by Gasteiger charge is -2.30. The van der Waals surface area contributed by atoms with E-state index < -0.39 is 0 Å². The summed E-state index contributed by atoms with van der Waals surface area (Å²) in [6.07, 6.45) is 5.59. The molecule has 4 nitrogen and oxygen atoms in total. The molecule has 0 spiro atoms. The molecule has 1 aromatic carbocycles. The zero-order chi connectivity index (χ0) is 15.9. The zero-order valence-electron chi connectivity index (χ0n) is 13.4. The molecule has 5 heteroatoms. The first-order valence-electron chi connectivity index (χ1n) is 7.96. The summed E-state index contributed by atoms with van der Waals surface area (Å²) >= 11 is 1.57. The highest BCUT2D eigenvalue weighted by Crippen LogP contribution is 2.24. The molecular weight excluding hydrogens is 296 g/mol. The van der Waals surface area contributed by atoms with Gasteiger partial charge >= 0.3 is 0 Å². The van der Waals surface area contributed by atoms with Gasteiger partial charge in [0.1, 0.15) is 0 Å². The van der Waals surface area contributed by atoms with Crippen molar-refractivity contribution in [3.8, 4) is 0 Å². The fourth-order valence-electron chi connectivity index (χ4n) is 2.89.